The lowest BCUT2D eigenvalue weighted by Gasteiger charge is -2.36. The number of amides is 1. The van der Waals surface area contributed by atoms with E-state index >= 15 is 0 Å². The molecule has 9 nitrogen and oxygen atoms in total. The fraction of sp³-hybridized carbons (Fsp3) is 0.355. The highest BCUT2D eigenvalue weighted by molar-refractivity contribution is 7.92. The maximum Gasteiger partial charge on any atom is 0.251 e. The van der Waals surface area contributed by atoms with Crippen LogP contribution in [0.5, 0.6) is 0 Å². The SMILES string of the molecule is C[C@@H]1C[C@H](C)CN(c2cc(F)cc(-c3ccc4cnc(CNC(=O)c5ccc6c(c5)N(S(C)(=O)=O)CC6)cc4n3)n2)C1. The molecule has 1 amide bonds. The summed E-state index contributed by atoms with van der Waals surface area (Å²) in [5.41, 5.74) is 4.08. The quantitative estimate of drug-likeness (QED) is 0.352. The van der Waals surface area contributed by atoms with E-state index in [1.54, 1.807) is 30.5 Å². The van der Waals surface area contributed by atoms with Crippen LogP contribution < -0.4 is 14.5 Å². The summed E-state index contributed by atoms with van der Waals surface area (Å²) in [6.07, 6.45) is 4.62. The molecule has 0 saturated carbocycles. The first-order valence-corrected chi connectivity index (χ1v) is 16.0. The summed E-state index contributed by atoms with van der Waals surface area (Å²) >= 11 is 0. The number of rotatable bonds is 6. The van der Waals surface area contributed by atoms with E-state index in [0.29, 0.717) is 64.5 Å². The van der Waals surface area contributed by atoms with Crippen LogP contribution in [0.25, 0.3) is 22.3 Å². The normalized spacial score (nSPS) is 18.8. The molecule has 2 aliphatic heterocycles. The van der Waals surface area contributed by atoms with Gasteiger partial charge in [-0.3, -0.25) is 14.1 Å². The lowest BCUT2D eigenvalue weighted by atomic mass is 9.92. The van der Waals surface area contributed by atoms with E-state index in [1.807, 2.05) is 12.1 Å². The average Bonchev–Trinajstić information content (AvgIpc) is 3.39. The van der Waals surface area contributed by atoms with Gasteiger partial charge in [0.2, 0.25) is 10.0 Å². The van der Waals surface area contributed by atoms with Gasteiger partial charge in [-0.2, -0.15) is 0 Å². The second-order valence-electron chi connectivity index (χ2n) is 11.6. The van der Waals surface area contributed by atoms with E-state index in [2.05, 4.69) is 29.0 Å². The number of piperidine rings is 1. The third-order valence-corrected chi connectivity index (χ3v) is 9.07. The molecule has 1 N–H and O–H groups in total. The molecule has 0 aliphatic carbocycles. The number of sulfonamides is 1. The molecule has 2 aliphatic rings. The number of nitrogens with one attached hydrogen (secondary N) is 1. The van der Waals surface area contributed by atoms with Crippen LogP contribution in [0.3, 0.4) is 0 Å². The summed E-state index contributed by atoms with van der Waals surface area (Å²) in [5, 5.41) is 3.67. The standard InChI is InChI=1S/C31H33FN6O3S/c1-19-10-20(2)18-37(17-19)30-13-24(32)12-28(36-30)26-7-6-23-15-33-25(14-27(23)35-26)16-34-31(39)22-5-4-21-8-9-38(29(21)11-22)42(3,40)41/h4-7,11-15,19-20H,8-10,16-18H2,1-3H3,(H,34,39)/t19-,20+. The van der Waals surface area contributed by atoms with Crippen molar-refractivity contribution in [3.63, 3.8) is 0 Å². The van der Waals surface area contributed by atoms with E-state index in [1.165, 1.54) is 22.7 Å². The van der Waals surface area contributed by atoms with Crippen molar-refractivity contribution in [2.75, 3.05) is 35.1 Å². The Bertz CT molecular complexity index is 1790. The van der Waals surface area contributed by atoms with Crippen LogP contribution in [0.1, 0.15) is 41.9 Å². The maximum absolute atomic E-state index is 14.7. The monoisotopic (exact) mass is 588 g/mol. The first-order valence-electron chi connectivity index (χ1n) is 14.1. The highest BCUT2D eigenvalue weighted by Gasteiger charge is 2.27. The molecule has 6 rings (SSSR count). The van der Waals surface area contributed by atoms with Gasteiger partial charge in [-0.25, -0.2) is 22.8 Å². The van der Waals surface area contributed by atoms with Gasteiger partial charge in [0, 0.05) is 48.9 Å². The zero-order chi connectivity index (χ0) is 29.6. The van der Waals surface area contributed by atoms with Crippen LogP contribution >= 0.6 is 0 Å². The van der Waals surface area contributed by atoms with Crippen molar-refractivity contribution in [3.8, 4) is 11.4 Å². The number of fused-ring (bicyclic) bond motifs is 2. The molecule has 3 aromatic heterocycles. The van der Waals surface area contributed by atoms with E-state index in [9.17, 15) is 17.6 Å². The van der Waals surface area contributed by atoms with Crippen molar-refractivity contribution in [1.82, 2.24) is 20.3 Å². The average molecular weight is 589 g/mol. The second-order valence-corrected chi connectivity index (χ2v) is 13.5. The van der Waals surface area contributed by atoms with Gasteiger partial charge < -0.3 is 10.2 Å². The van der Waals surface area contributed by atoms with Crippen molar-refractivity contribution >= 4 is 38.3 Å². The molecule has 11 heteroatoms. The number of carbonyl (C=O) groups excluding carboxylic acids is 1. The first-order chi connectivity index (χ1) is 20.0. The first kappa shape index (κ1) is 28.0. The fourth-order valence-electron chi connectivity index (χ4n) is 6.03. The molecule has 5 heterocycles. The van der Waals surface area contributed by atoms with Crippen LogP contribution in [0, 0.1) is 17.7 Å². The number of halogens is 1. The predicted molar refractivity (Wildman–Crippen MR) is 161 cm³/mol. The zero-order valence-corrected chi connectivity index (χ0v) is 24.7. The van der Waals surface area contributed by atoms with E-state index in [0.717, 1.165) is 30.5 Å². The Morgan fingerprint density at radius 3 is 2.57 bits per heavy atom. The largest absolute Gasteiger partial charge is 0.356 e. The molecule has 218 valence electrons. The Hall–Kier alpha value is -4.12. The summed E-state index contributed by atoms with van der Waals surface area (Å²) < 4.78 is 40.3. The van der Waals surface area contributed by atoms with Crippen molar-refractivity contribution in [2.45, 2.75) is 33.2 Å². The lowest BCUT2D eigenvalue weighted by molar-refractivity contribution is 0.0950. The number of hydrogen-bond donors (Lipinski definition) is 1. The number of pyridine rings is 3. The summed E-state index contributed by atoms with van der Waals surface area (Å²) in [4.78, 5) is 29.1. The molecule has 1 saturated heterocycles. The molecular formula is C31H33FN6O3S. The van der Waals surface area contributed by atoms with E-state index in [-0.39, 0.29) is 18.3 Å². The van der Waals surface area contributed by atoms with Crippen LogP contribution in [-0.2, 0) is 23.0 Å². The minimum absolute atomic E-state index is 0.154. The summed E-state index contributed by atoms with van der Waals surface area (Å²) in [6, 6.07) is 13.5. The number of hydrogen-bond acceptors (Lipinski definition) is 7. The summed E-state index contributed by atoms with van der Waals surface area (Å²) in [7, 11) is -3.42. The third kappa shape index (κ3) is 5.78. The van der Waals surface area contributed by atoms with Gasteiger partial charge in [-0.1, -0.05) is 19.9 Å². The molecule has 0 radical (unpaired) electrons. The lowest BCUT2D eigenvalue weighted by Crippen LogP contribution is -2.39. The Morgan fingerprint density at radius 2 is 1.81 bits per heavy atom. The second kappa shape index (κ2) is 10.9. The number of nitrogens with zero attached hydrogens (tertiary/aromatic N) is 5. The van der Waals surface area contributed by atoms with Crippen molar-refractivity contribution in [3.05, 3.63) is 77.4 Å². The minimum Gasteiger partial charge on any atom is -0.356 e. The number of aromatic nitrogens is 3. The molecule has 1 aromatic carbocycles. The number of anilines is 2. The van der Waals surface area contributed by atoms with Gasteiger partial charge in [-0.15, -0.1) is 0 Å². The molecule has 0 spiro atoms. The molecule has 4 aromatic rings. The van der Waals surface area contributed by atoms with Crippen LogP contribution in [-0.4, -0.2) is 55.2 Å². The Labute approximate surface area is 244 Å². The minimum atomic E-state index is -3.42. The molecule has 2 atom stereocenters. The number of carbonyl (C=O) groups is 1. The highest BCUT2D eigenvalue weighted by atomic mass is 32.2. The Balaban J connectivity index is 1.20. The predicted octanol–water partition coefficient (Wildman–Crippen LogP) is 4.57. The third-order valence-electron chi connectivity index (χ3n) is 7.89. The van der Waals surface area contributed by atoms with Crippen LogP contribution in [0.15, 0.2) is 54.7 Å². The molecule has 0 unspecified atom stereocenters. The van der Waals surface area contributed by atoms with Crippen LogP contribution in [0.4, 0.5) is 15.9 Å². The van der Waals surface area contributed by atoms with Gasteiger partial charge in [-0.05, 0) is 60.6 Å². The summed E-state index contributed by atoms with van der Waals surface area (Å²) in [5.74, 6) is 0.955. The topological polar surface area (TPSA) is 108 Å². The van der Waals surface area contributed by atoms with E-state index in [4.69, 9.17) is 9.97 Å². The zero-order valence-electron chi connectivity index (χ0n) is 23.8. The van der Waals surface area contributed by atoms with Gasteiger partial charge >= 0.3 is 0 Å². The fourth-order valence-corrected chi connectivity index (χ4v) is 6.98. The molecule has 1 fully saturated rings. The van der Waals surface area contributed by atoms with Crippen molar-refractivity contribution < 1.29 is 17.6 Å². The van der Waals surface area contributed by atoms with Gasteiger partial charge in [0.25, 0.3) is 5.91 Å². The van der Waals surface area contributed by atoms with Gasteiger partial charge in [0.1, 0.15) is 11.6 Å². The van der Waals surface area contributed by atoms with Gasteiger partial charge in [0.15, 0.2) is 0 Å². The van der Waals surface area contributed by atoms with Crippen molar-refractivity contribution in [1.29, 1.82) is 0 Å². The number of benzene rings is 1. The molecular weight excluding hydrogens is 555 g/mol. The summed E-state index contributed by atoms with van der Waals surface area (Å²) in [6.45, 7) is 6.63. The van der Waals surface area contributed by atoms with E-state index < -0.39 is 10.0 Å². The van der Waals surface area contributed by atoms with Crippen molar-refractivity contribution in [2.24, 2.45) is 11.8 Å². The molecule has 42 heavy (non-hydrogen) atoms. The Kier molecular flexibility index (Phi) is 7.30. The molecule has 0 bridgehead atoms. The maximum atomic E-state index is 14.7. The highest BCUT2D eigenvalue weighted by Crippen LogP contribution is 2.31. The van der Waals surface area contributed by atoms with Crippen LogP contribution in [0.2, 0.25) is 0 Å². The van der Waals surface area contributed by atoms with Gasteiger partial charge in [0.05, 0.1) is 41.1 Å². The smallest absolute Gasteiger partial charge is 0.251 e. The Morgan fingerprint density at radius 1 is 1.02 bits per heavy atom.